The van der Waals surface area contributed by atoms with Crippen molar-refractivity contribution < 1.29 is 17.2 Å². The van der Waals surface area contributed by atoms with E-state index in [2.05, 4.69) is 11.8 Å². The van der Waals surface area contributed by atoms with E-state index in [4.69, 9.17) is 0 Å². The molecule has 0 aliphatic carbocycles. The van der Waals surface area contributed by atoms with Gasteiger partial charge in [-0.1, -0.05) is 43.2 Å². The first-order valence-corrected chi connectivity index (χ1v) is 7.00. The molecule has 19 heavy (non-hydrogen) atoms. The molecule has 1 atom stereocenters. The van der Waals surface area contributed by atoms with E-state index in [1.807, 2.05) is 31.2 Å². The molecule has 0 N–H and O–H groups in total. The van der Waals surface area contributed by atoms with Crippen molar-refractivity contribution >= 4 is 5.78 Å². The predicted molar refractivity (Wildman–Crippen MR) is 75.0 cm³/mol. The van der Waals surface area contributed by atoms with E-state index < -0.39 is 0 Å². The number of ketones is 1. The van der Waals surface area contributed by atoms with E-state index in [9.17, 15) is 4.79 Å². The molecule has 1 heterocycles. The van der Waals surface area contributed by atoms with Crippen LogP contribution in [0.1, 0.15) is 42.1 Å². The van der Waals surface area contributed by atoms with Crippen LogP contribution in [-0.2, 0) is 0 Å². The minimum absolute atomic E-state index is 0. The Kier molecular flexibility index (Phi) is 6.53. The van der Waals surface area contributed by atoms with Gasteiger partial charge in [-0.25, -0.2) is 0 Å². The summed E-state index contributed by atoms with van der Waals surface area (Å²) in [6, 6.07) is 7.93. The highest BCUT2D eigenvalue weighted by atomic mass is 35.5. The Morgan fingerprint density at radius 1 is 1.16 bits per heavy atom. The molecular weight excluding hydrogens is 258 g/mol. The van der Waals surface area contributed by atoms with Gasteiger partial charge in [0.2, 0.25) is 0 Å². The van der Waals surface area contributed by atoms with Crippen molar-refractivity contribution in [3.8, 4) is 0 Å². The van der Waals surface area contributed by atoms with Gasteiger partial charge in [0.05, 0.1) is 0 Å². The maximum atomic E-state index is 12.3. The summed E-state index contributed by atoms with van der Waals surface area (Å²) in [5.41, 5.74) is 2.06. The van der Waals surface area contributed by atoms with Crippen molar-refractivity contribution in [1.82, 2.24) is 4.90 Å². The summed E-state index contributed by atoms with van der Waals surface area (Å²) in [6.45, 7) is 7.33. The Hall–Kier alpha value is -0.860. The first-order valence-electron chi connectivity index (χ1n) is 7.00. The van der Waals surface area contributed by atoms with E-state index in [1.54, 1.807) is 0 Å². The van der Waals surface area contributed by atoms with Gasteiger partial charge in [-0.05, 0) is 32.9 Å². The quantitative estimate of drug-likeness (QED) is 0.740. The first-order chi connectivity index (χ1) is 8.66. The Morgan fingerprint density at radius 2 is 1.74 bits per heavy atom. The van der Waals surface area contributed by atoms with Crippen LogP contribution in [0.4, 0.5) is 0 Å². The number of nitrogens with zero attached hydrogens (tertiary/aromatic N) is 1. The Bertz CT molecular complexity index is 396. The zero-order valence-corrected chi connectivity index (χ0v) is 12.6. The molecule has 0 radical (unpaired) electrons. The number of benzene rings is 1. The van der Waals surface area contributed by atoms with E-state index in [0.717, 1.165) is 25.2 Å². The first kappa shape index (κ1) is 16.2. The van der Waals surface area contributed by atoms with Crippen LogP contribution < -0.4 is 12.4 Å². The summed E-state index contributed by atoms with van der Waals surface area (Å²) in [7, 11) is 0. The van der Waals surface area contributed by atoms with E-state index in [-0.39, 0.29) is 24.1 Å². The van der Waals surface area contributed by atoms with E-state index in [1.165, 1.54) is 24.8 Å². The summed E-state index contributed by atoms with van der Waals surface area (Å²) >= 11 is 0. The SMILES string of the molecule is Cc1ccc(C(=O)C(C)CN2CCCCC2)cc1.[Cl-]. The number of likely N-dealkylation sites (tertiary alicyclic amines) is 1. The third kappa shape index (κ3) is 4.63. The topological polar surface area (TPSA) is 20.3 Å². The van der Waals surface area contributed by atoms with Crippen LogP contribution >= 0.6 is 0 Å². The maximum Gasteiger partial charge on any atom is 0.166 e. The van der Waals surface area contributed by atoms with Gasteiger partial charge in [0.15, 0.2) is 5.78 Å². The highest BCUT2D eigenvalue weighted by Crippen LogP contribution is 2.15. The lowest BCUT2D eigenvalue weighted by Crippen LogP contribution is -3.00. The molecule has 2 rings (SSSR count). The number of aryl methyl sites for hydroxylation is 1. The van der Waals surface area contributed by atoms with Gasteiger partial charge in [0, 0.05) is 18.0 Å². The monoisotopic (exact) mass is 280 g/mol. The number of hydrogen-bond donors (Lipinski definition) is 0. The zero-order chi connectivity index (χ0) is 13.0. The molecule has 1 aromatic carbocycles. The lowest BCUT2D eigenvalue weighted by Gasteiger charge is -2.28. The Labute approximate surface area is 122 Å². The smallest absolute Gasteiger partial charge is 0.166 e. The summed E-state index contributed by atoms with van der Waals surface area (Å²) in [6.07, 6.45) is 3.91. The van der Waals surface area contributed by atoms with Crippen LogP contribution in [0.5, 0.6) is 0 Å². The number of rotatable bonds is 4. The molecule has 1 aliphatic rings. The molecule has 0 aromatic heterocycles. The van der Waals surface area contributed by atoms with Gasteiger partial charge in [-0.2, -0.15) is 0 Å². The fourth-order valence-corrected chi connectivity index (χ4v) is 2.61. The molecule has 106 valence electrons. The molecule has 0 saturated carbocycles. The minimum atomic E-state index is 0. The van der Waals surface area contributed by atoms with Crippen molar-refractivity contribution in [1.29, 1.82) is 0 Å². The van der Waals surface area contributed by atoms with Crippen LogP contribution in [0.15, 0.2) is 24.3 Å². The molecular formula is C16H23ClNO-. The highest BCUT2D eigenvalue weighted by molar-refractivity contribution is 5.97. The average Bonchev–Trinajstić information content (AvgIpc) is 2.40. The number of halogens is 1. The van der Waals surface area contributed by atoms with Crippen molar-refractivity contribution in [2.24, 2.45) is 5.92 Å². The zero-order valence-electron chi connectivity index (χ0n) is 11.9. The molecule has 0 spiro atoms. The normalized spacial score (nSPS) is 17.6. The van der Waals surface area contributed by atoms with Gasteiger partial charge >= 0.3 is 0 Å². The van der Waals surface area contributed by atoms with Crippen molar-refractivity contribution in [2.45, 2.75) is 33.1 Å². The summed E-state index contributed by atoms with van der Waals surface area (Å²) < 4.78 is 0. The number of piperidine rings is 1. The summed E-state index contributed by atoms with van der Waals surface area (Å²) in [5, 5.41) is 0. The van der Waals surface area contributed by atoms with E-state index in [0.29, 0.717) is 0 Å². The number of carbonyl (C=O) groups is 1. The average molecular weight is 281 g/mol. The molecule has 1 saturated heterocycles. The molecule has 2 nitrogen and oxygen atoms in total. The molecule has 1 aromatic rings. The number of carbonyl (C=O) groups excluding carboxylic acids is 1. The number of Topliss-reactive ketones (excluding diaryl/α,β-unsaturated/α-hetero) is 1. The second kappa shape index (κ2) is 7.66. The molecule has 0 bridgehead atoms. The second-order valence-electron chi connectivity index (χ2n) is 5.49. The van der Waals surface area contributed by atoms with E-state index >= 15 is 0 Å². The van der Waals surface area contributed by atoms with Gasteiger partial charge in [-0.3, -0.25) is 4.79 Å². The lowest BCUT2D eigenvalue weighted by atomic mass is 9.97. The highest BCUT2D eigenvalue weighted by Gasteiger charge is 2.19. The predicted octanol–water partition coefficient (Wildman–Crippen LogP) is 0.304. The fourth-order valence-electron chi connectivity index (χ4n) is 2.61. The fraction of sp³-hybridized carbons (Fsp3) is 0.562. The van der Waals surface area contributed by atoms with Gasteiger partial charge in [0.25, 0.3) is 0 Å². The summed E-state index contributed by atoms with van der Waals surface area (Å²) in [4.78, 5) is 14.7. The Balaban J connectivity index is 0.00000180. The van der Waals surface area contributed by atoms with Gasteiger partial charge < -0.3 is 17.3 Å². The number of hydrogen-bond acceptors (Lipinski definition) is 2. The lowest BCUT2D eigenvalue weighted by molar-refractivity contribution is -0.0000118. The molecule has 0 amide bonds. The molecule has 1 fully saturated rings. The molecule has 1 unspecified atom stereocenters. The largest absolute Gasteiger partial charge is 1.00 e. The summed E-state index contributed by atoms with van der Waals surface area (Å²) in [5.74, 6) is 0.381. The maximum absolute atomic E-state index is 12.3. The third-order valence-corrected chi connectivity index (χ3v) is 3.76. The second-order valence-corrected chi connectivity index (χ2v) is 5.49. The third-order valence-electron chi connectivity index (χ3n) is 3.76. The molecule has 1 aliphatic heterocycles. The van der Waals surface area contributed by atoms with Gasteiger partial charge in [0.1, 0.15) is 0 Å². The van der Waals surface area contributed by atoms with Crippen molar-refractivity contribution in [3.63, 3.8) is 0 Å². The van der Waals surface area contributed by atoms with Crippen LogP contribution in [0, 0.1) is 12.8 Å². The van der Waals surface area contributed by atoms with Crippen LogP contribution in [0.2, 0.25) is 0 Å². The molecule has 3 heteroatoms. The van der Waals surface area contributed by atoms with Gasteiger partial charge in [-0.15, -0.1) is 0 Å². The standard InChI is InChI=1S/C16H23NO.ClH/c1-13-6-8-15(9-7-13)16(18)14(2)12-17-10-4-3-5-11-17;/h6-9,14H,3-5,10-12H2,1-2H3;1H/p-1. The van der Waals surface area contributed by atoms with Crippen molar-refractivity contribution in [2.75, 3.05) is 19.6 Å². The van der Waals surface area contributed by atoms with Crippen LogP contribution in [0.25, 0.3) is 0 Å². The van der Waals surface area contributed by atoms with Crippen LogP contribution in [0.3, 0.4) is 0 Å². The Morgan fingerprint density at radius 3 is 2.32 bits per heavy atom. The minimum Gasteiger partial charge on any atom is -1.00 e. The van der Waals surface area contributed by atoms with Crippen molar-refractivity contribution in [3.05, 3.63) is 35.4 Å². The van der Waals surface area contributed by atoms with Crippen LogP contribution in [-0.4, -0.2) is 30.3 Å².